The van der Waals surface area contributed by atoms with Crippen LogP contribution in [0.1, 0.15) is 0 Å². The Hall–Kier alpha value is -1.34. The number of aliphatic hydroxyl groups is 1. The van der Waals surface area contributed by atoms with Crippen LogP contribution in [0.15, 0.2) is 18.2 Å². The zero-order chi connectivity index (χ0) is 15.0. The van der Waals surface area contributed by atoms with Gasteiger partial charge < -0.3 is 20.9 Å². The van der Waals surface area contributed by atoms with Crippen molar-refractivity contribution in [2.75, 3.05) is 51.0 Å². The Bertz CT molecular complexity index is 443. The van der Waals surface area contributed by atoms with Gasteiger partial charge in [-0.25, -0.2) is 0 Å². The number of methoxy groups -OCH3 is 1. The van der Waals surface area contributed by atoms with Gasteiger partial charge in [-0.1, -0.05) is 11.6 Å². The number of hydrogen-bond acceptors (Lipinski definition) is 5. The van der Waals surface area contributed by atoms with Gasteiger partial charge in [0.2, 0.25) is 5.91 Å². The third kappa shape index (κ3) is 5.75. The number of nitrogen functional groups attached to an aromatic ring is 1. The topological polar surface area (TPSA) is 87.8 Å². The molecule has 6 nitrogen and oxygen atoms in total. The number of carbonyl (C=O) groups excluding carboxylic acids is 1. The number of amides is 1. The molecule has 0 spiro atoms. The molecule has 0 saturated carbocycles. The zero-order valence-electron chi connectivity index (χ0n) is 11.4. The van der Waals surface area contributed by atoms with Crippen LogP contribution in [0, 0.1) is 0 Å². The van der Waals surface area contributed by atoms with Crippen LogP contribution in [0.2, 0.25) is 5.02 Å². The van der Waals surface area contributed by atoms with Gasteiger partial charge in [0.05, 0.1) is 31.1 Å². The van der Waals surface area contributed by atoms with E-state index in [0.29, 0.717) is 36.1 Å². The SMILES string of the molecule is COCCN(CCO)CC(=O)Nc1ccc(Cl)cc1N. The van der Waals surface area contributed by atoms with Gasteiger partial charge in [0.15, 0.2) is 0 Å². The largest absolute Gasteiger partial charge is 0.397 e. The molecule has 0 unspecified atom stereocenters. The maximum absolute atomic E-state index is 11.9. The Morgan fingerprint density at radius 1 is 1.50 bits per heavy atom. The fourth-order valence-corrected chi connectivity index (χ4v) is 1.85. The fraction of sp³-hybridized carbons (Fsp3) is 0.462. The Morgan fingerprint density at radius 3 is 2.85 bits per heavy atom. The molecule has 20 heavy (non-hydrogen) atoms. The highest BCUT2D eigenvalue weighted by molar-refractivity contribution is 6.31. The molecule has 0 aromatic heterocycles. The number of nitrogens with two attached hydrogens (primary N) is 1. The lowest BCUT2D eigenvalue weighted by Gasteiger charge is -2.20. The first kappa shape index (κ1) is 16.7. The smallest absolute Gasteiger partial charge is 0.238 e. The van der Waals surface area contributed by atoms with Crippen molar-refractivity contribution in [3.63, 3.8) is 0 Å². The number of carbonyl (C=O) groups is 1. The number of halogens is 1. The summed E-state index contributed by atoms with van der Waals surface area (Å²) >= 11 is 5.79. The van der Waals surface area contributed by atoms with Crippen LogP contribution >= 0.6 is 11.6 Å². The molecular weight excluding hydrogens is 282 g/mol. The van der Waals surface area contributed by atoms with E-state index >= 15 is 0 Å². The fourth-order valence-electron chi connectivity index (χ4n) is 1.67. The van der Waals surface area contributed by atoms with Crippen LogP contribution in [0.4, 0.5) is 11.4 Å². The summed E-state index contributed by atoms with van der Waals surface area (Å²) in [4.78, 5) is 13.7. The predicted molar refractivity (Wildman–Crippen MR) is 79.9 cm³/mol. The maximum atomic E-state index is 11.9. The number of anilines is 2. The molecule has 0 heterocycles. The normalized spacial score (nSPS) is 10.8. The molecular formula is C13H20ClN3O3. The zero-order valence-corrected chi connectivity index (χ0v) is 12.2. The first-order chi connectivity index (χ1) is 9.56. The molecule has 0 aliphatic rings. The number of rotatable bonds is 8. The van der Waals surface area contributed by atoms with Crippen molar-refractivity contribution in [1.29, 1.82) is 0 Å². The van der Waals surface area contributed by atoms with Gasteiger partial charge in [-0.2, -0.15) is 0 Å². The number of nitrogens with zero attached hydrogens (tertiary/aromatic N) is 1. The number of aliphatic hydroxyl groups excluding tert-OH is 1. The van der Waals surface area contributed by atoms with Gasteiger partial charge in [0.25, 0.3) is 0 Å². The quantitative estimate of drug-likeness (QED) is 0.618. The lowest BCUT2D eigenvalue weighted by Crippen LogP contribution is -2.37. The number of hydrogen-bond donors (Lipinski definition) is 3. The Morgan fingerprint density at radius 2 is 2.25 bits per heavy atom. The second kappa shape index (κ2) is 8.76. The van der Waals surface area contributed by atoms with Crippen molar-refractivity contribution in [2.45, 2.75) is 0 Å². The Labute approximate surface area is 123 Å². The highest BCUT2D eigenvalue weighted by Crippen LogP contribution is 2.22. The molecule has 1 aromatic carbocycles. The molecule has 7 heteroatoms. The van der Waals surface area contributed by atoms with Crippen molar-refractivity contribution < 1.29 is 14.6 Å². The predicted octanol–water partition coefficient (Wildman–Crippen LogP) is 0.801. The van der Waals surface area contributed by atoms with Crippen LogP contribution in [0.3, 0.4) is 0 Å². The van der Waals surface area contributed by atoms with Crippen LogP contribution in [-0.2, 0) is 9.53 Å². The van der Waals surface area contributed by atoms with E-state index in [-0.39, 0.29) is 19.1 Å². The molecule has 112 valence electrons. The third-order valence-electron chi connectivity index (χ3n) is 2.68. The van der Waals surface area contributed by atoms with Crippen LogP contribution < -0.4 is 11.1 Å². The lowest BCUT2D eigenvalue weighted by atomic mass is 10.2. The first-order valence-corrected chi connectivity index (χ1v) is 6.61. The highest BCUT2D eigenvalue weighted by atomic mass is 35.5. The summed E-state index contributed by atoms with van der Waals surface area (Å²) in [5.41, 5.74) is 6.70. The molecule has 0 atom stereocenters. The second-order valence-electron chi connectivity index (χ2n) is 4.27. The number of nitrogens with one attached hydrogen (secondary N) is 1. The monoisotopic (exact) mass is 301 g/mol. The third-order valence-corrected chi connectivity index (χ3v) is 2.92. The molecule has 0 bridgehead atoms. The summed E-state index contributed by atoms with van der Waals surface area (Å²) in [6.07, 6.45) is 0. The van der Waals surface area contributed by atoms with Crippen molar-refractivity contribution in [1.82, 2.24) is 4.90 Å². The van der Waals surface area contributed by atoms with Crippen LogP contribution in [-0.4, -0.2) is 55.9 Å². The summed E-state index contributed by atoms with van der Waals surface area (Å²) < 4.78 is 4.96. The molecule has 1 amide bonds. The van der Waals surface area contributed by atoms with E-state index in [9.17, 15) is 4.79 Å². The summed E-state index contributed by atoms with van der Waals surface area (Å²) in [5, 5.41) is 12.2. The summed E-state index contributed by atoms with van der Waals surface area (Å²) in [5.74, 6) is -0.205. The molecule has 4 N–H and O–H groups in total. The van der Waals surface area contributed by atoms with E-state index in [1.165, 1.54) is 0 Å². The minimum atomic E-state index is -0.205. The van der Waals surface area contributed by atoms with Gasteiger partial charge in [0.1, 0.15) is 0 Å². The van der Waals surface area contributed by atoms with E-state index in [0.717, 1.165) is 0 Å². The van der Waals surface area contributed by atoms with Crippen molar-refractivity contribution >= 4 is 28.9 Å². The maximum Gasteiger partial charge on any atom is 0.238 e. The average Bonchev–Trinajstić information content (AvgIpc) is 2.39. The standard InChI is InChI=1S/C13H20ClN3O3/c1-20-7-5-17(4-6-18)9-13(19)16-12-3-2-10(14)8-11(12)15/h2-3,8,18H,4-7,9,15H2,1H3,(H,16,19). The molecule has 0 saturated heterocycles. The van der Waals surface area contributed by atoms with Gasteiger partial charge >= 0.3 is 0 Å². The average molecular weight is 302 g/mol. The highest BCUT2D eigenvalue weighted by Gasteiger charge is 2.11. The Balaban J connectivity index is 2.55. The minimum Gasteiger partial charge on any atom is -0.397 e. The van der Waals surface area contributed by atoms with E-state index in [1.807, 2.05) is 0 Å². The summed E-state index contributed by atoms with van der Waals surface area (Å²) in [6, 6.07) is 4.89. The number of benzene rings is 1. The van der Waals surface area contributed by atoms with Gasteiger partial charge in [-0.3, -0.25) is 9.69 Å². The van der Waals surface area contributed by atoms with E-state index in [1.54, 1.807) is 30.2 Å². The first-order valence-electron chi connectivity index (χ1n) is 6.24. The molecule has 0 aliphatic carbocycles. The molecule has 0 aliphatic heterocycles. The van der Waals surface area contributed by atoms with Crippen molar-refractivity contribution in [2.24, 2.45) is 0 Å². The molecule has 1 aromatic rings. The van der Waals surface area contributed by atoms with E-state index < -0.39 is 0 Å². The molecule has 0 radical (unpaired) electrons. The van der Waals surface area contributed by atoms with E-state index in [2.05, 4.69) is 5.32 Å². The lowest BCUT2D eigenvalue weighted by molar-refractivity contribution is -0.117. The summed E-state index contributed by atoms with van der Waals surface area (Å²) in [6.45, 7) is 1.62. The van der Waals surface area contributed by atoms with Crippen LogP contribution in [0.25, 0.3) is 0 Å². The molecule has 0 fully saturated rings. The van der Waals surface area contributed by atoms with Crippen molar-refractivity contribution in [3.05, 3.63) is 23.2 Å². The van der Waals surface area contributed by atoms with Gasteiger partial charge in [-0.05, 0) is 18.2 Å². The van der Waals surface area contributed by atoms with Gasteiger partial charge in [0, 0.05) is 25.2 Å². The van der Waals surface area contributed by atoms with Gasteiger partial charge in [-0.15, -0.1) is 0 Å². The molecule has 1 rings (SSSR count). The minimum absolute atomic E-state index is 0.0138. The van der Waals surface area contributed by atoms with Crippen LogP contribution in [0.5, 0.6) is 0 Å². The van der Waals surface area contributed by atoms with Crippen molar-refractivity contribution in [3.8, 4) is 0 Å². The Kier molecular flexibility index (Phi) is 7.32. The summed E-state index contributed by atoms with van der Waals surface area (Å²) in [7, 11) is 1.59. The number of ether oxygens (including phenoxy) is 1. The second-order valence-corrected chi connectivity index (χ2v) is 4.71. The van der Waals surface area contributed by atoms with E-state index in [4.69, 9.17) is 27.2 Å².